The average molecular weight is 482 g/mol. The second-order valence-corrected chi connectivity index (χ2v) is 9.88. The normalized spacial score (nSPS) is 13.3. The van der Waals surface area contributed by atoms with Crippen LogP contribution in [0.25, 0.3) is 0 Å². The van der Waals surface area contributed by atoms with Gasteiger partial charge in [0, 0.05) is 0 Å². The molecular formula is C24H35NO9. The minimum Gasteiger partial charge on any atom is -0.458 e. The number of hydrogen-bond donors (Lipinski definition) is 1. The Morgan fingerprint density at radius 1 is 0.912 bits per heavy atom. The lowest BCUT2D eigenvalue weighted by Crippen LogP contribution is -2.37. The summed E-state index contributed by atoms with van der Waals surface area (Å²) < 4.78 is 25.2. The van der Waals surface area contributed by atoms with Crippen molar-refractivity contribution in [3.05, 3.63) is 23.8 Å². The molecule has 0 saturated carbocycles. The second-order valence-electron chi connectivity index (χ2n) is 9.88. The SMILES string of the molecule is COC(=O)OC[C@H](C)OC(=O)[C@@H](N)Cc1ccc(OC(=O)C(C)(C)C)c(OC(=O)C(C)(C)C)c1. The fourth-order valence-corrected chi connectivity index (χ4v) is 2.25. The summed E-state index contributed by atoms with van der Waals surface area (Å²) in [5, 5.41) is 0. The van der Waals surface area contributed by atoms with Gasteiger partial charge >= 0.3 is 24.1 Å². The molecule has 190 valence electrons. The van der Waals surface area contributed by atoms with Gasteiger partial charge in [0.15, 0.2) is 11.5 Å². The number of ether oxygens (including phenoxy) is 5. The van der Waals surface area contributed by atoms with E-state index in [0.29, 0.717) is 5.56 Å². The van der Waals surface area contributed by atoms with Crippen molar-refractivity contribution in [2.75, 3.05) is 13.7 Å². The number of benzene rings is 1. The minimum atomic E-state index is -1.05. The molecule has 1 aromatic rings. The van der Waals surface area contributed by atoms with Crippen molar-refractivity contribution in [3.8, 4) is 11.5 Å². The van der Waals surface area contributed by atoms with Gasteiger partial charge in [-0.25, -0.2) is 4.79 Å². The molecule has 2 N–H and O–H groups in total. The van der Waals surface area contributed by atoms with E-state index in [2.05, 4.69) is 4.74 Å². The zero-order valence-corrected chi connectivity index (χ0v) is 21.1. The summed E-state index contributed by atoms with van der Waals surface area (Å²) in [4.78, 5) is 48.1. The Hall–Kier alpha value is -3.14. The van der Waals surface area contributed by atoms with Crippen LogP contribution in [0.2, 0.25) is 0 Å². The zero-order valence-electron chi connectivity index (χ0n) is 21.1. The van der Waals surface area contributed by atoms with Crippen molar-refractivity contribution in [1.29, 1.82) is 0 Å². The summed E-state index contributed by atoms with van der Waals surface area (Å²) in [5.74, 6) is -1.63. The molecule has 0 unspecified atom stereocenters. The number of carbonyl (C=O) groups excluding carboxylic acids is 4. The number of rotatable bonds is 8. The van der Waals surface area contributed by atoms with E-state index in [4.69, 9.17) is 24.7 Å². The van der Waals surface area contributed by atoms with Gasteiger partial charge in [-0.2, -0.15) is 0 Å². The highest BCUT2D eigenvalue weighted by molar-refractivity contribution is 5.81. The van der Waals surface area contributed by atoms with Crippen LogP contribution in [0, 0.1) is 10.8 Å². The van der Waals surface area contributed by atoms with Crippen LogP contribution in [-0.2, 0) is 35.0 Å². The van der Waals surface area contributed by atoms with Crippen LogP contribution >= 0.6 is 0 Å². The third kappa shape index (κ3) is 9.38. The molecule has 2 atom stereocenters. The number of nitrogens with two attached hydrogens (primary N) is 1. The van der Waals surface area contributed by atoms with E-state index in [1.807, 2.05) is 0 Å². The van der Waals surface area contributed by atoms with E-state index >= 15 is 0 Å². The number of esters is 3. The Bertz CT molecular complexity index is 897. The molecule has 1 rings (SSSR count). The van der Waals surface area contributed by atoms with Crippen LogP contribution in [-0.4, -0.2) is 49.9 Å². The number of methoxy groups -OCH3 is 1. The molecule has 0 aliphatic heterocycles. The van der Waals surface area contributed by atoms with Gasteiger partial charge in [0.2, 0.25) is 0 Å². The maximum absolute atomic E-state index is 12.5. The van der Waals surface area contributed by atoms with Crippen molar-refractivity contribution in [2.45, 2.75) is 67.0 Å². The Morgan fingerprint density at radius 2 is 1.44 bits per heavy atom. The lowest BCUT2D eigenvalue weighted by molar-refractivity contribution is -0.152. The lowest BCUT2D eigenvalue weighted by Gasteiger charge is -2.21. The quantitative estimate of drug-likeness (QED) is 0.435. The first-order valence-corrected chi connectivity index (χ1v) is 10.8. The summed E-state index contributed by atoms with van der Waals surface area (Å²) in [6.07, 6.45) is -1.58. The molecule has 10 heteroatoms. The second kappa shape index (κ2) is 11.8. The van der Waals surface area contributed by atoms with Crippen LogP contribution in [0.4, 0.5) is 4.79 Å². The maximum Gasteiger partial charge on any atom is 0.508 e. The first-order valence-electron chi connectivity index (χ1n) is 10.8. The fourth-order valence-electron chi connectivity index (χ4n) is 2.25. The first kappa shape index (κ1) is 28.9. The summed E-state index contributed by atoms with van der Waals surface area (Å²) in [5.41, 5.74) is 4.95. The van der Waals surface area contributed by atoms with Gasteiger partial charge in [0.25, 0.3) is 0 Å². The summed E-state index contributed by atoms with van der Waals surface area (Å²) in [7, 11) is 1.16. The molecule has 1 aromatic carbocycles. The summed E-state index contributed by atoms with van der Waals surface area (Å²) in [6.45, 7) is 11.5. The average Bonchev–Trinajstić information content (AvgIpc) is 2.72. The summed E-state index contributed by atoms with van der Waals surface area (Å²) in [6, 6.07) is 3.53. The van der Waals surface area contributed by atoms with Gasteiger partial charge in [0.05, 0.1) is 17.9 Å². The van der Waals surface area contributed by atoms with Crippen molar-refractivity contribution in [1.82, 2.24) is 0 Å². The predicted molar refractivity (Wildman–Crippen MR) is 122 cm³/mol. The highest BCUT2D eigenvalue weighted by Crippen LogP contribution is 2.33. The zero-order chi connectivity index (χ0) is 26.3. The molecule has 10 nitrogen and oxygen atoms in total. The Labute approximate surface area is 200 Å². The van der Waals surface area contributed by atoms with Crippen LogP contribution < -0.4 is 15.2 Å². The van der Waals surface area contributed by atoms with E-state index in [1.54, 1.807) is 47.6 Å². The fraction of sp³-hybridized carbons (Fsp3) is 0.583. The number of hydrogen-bond acceptors (Lipinski definition) is 10. The highest BCUT2D eigenvalue weighted by atomic mass is 16.7. The van der Waals surface area contributed by atoms with Crippen molar-refractivity contribution < 1.29 is 42.9 Å². The molecule has 0 radical (unpaired) electrons. The van der Waals surface area contributed by atoms with Crippen LogP contribution in [0.5, 0.6) is 11.5 Å². The number of carbonyl (C=O) groups is 4. The molecular weight excluding hydrogens is 446 g/mol. The molecule has 0 aliphatic rings. The molecule has 0 saturated heterocycles. The van der Waals surface area contributed by atoms with E-state index in [9.17, 15) is 19.2 Å². The Morgan fingerprint density at radius 3 is 1.94 bits per heavy atom. The van der Waals surface area contributed by atoms with E-state index in [0.717, 1.165) is 7.11 Å². The van der Waals surface area contributed by atoms with E-state index < -0.39 is 47.0 Å². The van der Waals surface area contributed by atoms with Gasteiger partial charge in [-0.1, -0.05) is 6.07 Å². The molecule has 0 spiro atoms. The van der Waals surface area contributed by atoms with E-state index in [-0.39, 0.29) is 24.5 Å². The Kier molecular flexibility index (Phi) is 10.0. The lowest BCUT2D eigenvalue weighted by atomic mass is 9.97. The molecule has 0 amide bonds. The molecule has 0 aromatic heterocycles. The van der Waals surface area contributed by atoms with Crippen molar-refractivity contribution in [2.24, 2.45) is 16.6 Å². The molecule has 0 heterocycles. The van der Waals surface area contributed by atoms with Crippen LogP contribution in [0.3, 0.4) is 0 Å². The van der Waals surface area contributed by atoms with Crippen LogP contribution in [0.1, 0.15) is 54.0 Å². The summed E-state index contributed by atoms with van der Waals surface area (Å²) >= 11 is 0. The predicted octanol–water partition coefficient (Wildman–Crippen LogP) is 3.17. The van der Waals surface area contributed by atoms with Crippen molar-refractivity contribution in [3.63, 3.8) is 0 Å². The molecule has 0 bridgehead atoms. The first-order chi connectivity index (χ1) is 15.5. The third-order valence-electron chi connectivity index (χ3n) is 4.32. The topological polar surface area (TPSA) is 140 Å². The molecule has 0 aliphatic carbocycles. The van der Waals surface area contributed by atoms with Gasteiger partial charge < -0.3 is 29.4 Å². The minimum absolute atomic E-state index is 0.0374. The van der Waals surface area contributed by atoms with Crippen LogP contribution in [0.15, 0.2) is 18.2 Å². The van der Waals surface area contributed by atoms with E-state index in [1.165, 1.54) is 19.1 Å². The highest BCUT2D eigenvalue weighted by Gasteiger charge is 2.29. The van der Waals surface area contributed by atoms with Gasteiger partial charge in [0.1, 0.15) is 18.8 Å². The van der Waals surface area contributed by atoms with Gasteiger partial charge in [-0.3, -0.25) is 14.4 Å². The maximum atomic E-state index is 12.5. The largest absolute Gasteiger partial charge is 0.508 e. The molecule has 34 heavy (non-hydrogen) atoms. The molecule has 0 fully saturated rings. The monoisotopic (exact) mass is 481 g/mol. The van der Waals surface area contributed by atoms with Gasteiger partial charge in [-0.15, -0.1) is 0 Å². The smallest absolute Gasteiger partial charge is 0.458 e. The standard InChI is InChI=1S/C24H35NO9/c1-14(13-31-22(29)30-8)32-19(26)16(25)11-15-9-10-17(33-20(27)23(2,3)4)18(12-15)34-21(28)24(5,6)7/h9-10,12,14,16H,11,13,25H2,1-8H3/t14-,16-/m0/s1. The Balaban J connectivity index is 3.00. The van der Waals surface area contributed by atoms with Crippen molar-refractivity contribution >= 4 is 24.1 Å². The van der Waals surface area contributed by atoms with Gasteiger partial charge in [-0.05, 0) is 72.6 Å². The third-order valence-corrected chi connectivity index (χ3v) is 4.32.